The number of halogens is 2. The first-order chi connectivity index (χ1) is 8.00. The fourth-order valence-electron chi connectivity index (χ4n) is 1.14. The Morgan fingerprint density at radius 1 is 1.29 bits per heavy atom. The van der Waals surface area contributed by atoms with Crippen LogP contribution in [0.1, 0.15) is 23.2 Å². The first kappa shape index (κ1) is 13.8. The van der Waals surface area contributed by atoms with E-state index in [1.807, 2.05) is 0 Å². The average Bonchev–Trinajstić information content (AvgIpc) is 2.23. The van der Waals surface area contributed by atoms with Crippen molar-refractivity contribution >= 4 is 35.1 Å². The van der Waals surface area contributed by atoms with Gasteiger partial charge >= 0.3 is 5.97 Å². The third-order valence-electron chi connectivity index (χ3n) is 1.95. The molecule has 0 fully saturated rings. The van der Waals surface area contributed by atoms with Crippen LogP contribution in [0.3, 0.4) is 0 Å². The van der Waals surface area contributed by atoms with Crippen LogP contribution in [-0.4, -0.2) is 18.5 Å². The standard InChI is InChI=1S/C11H11Cl2NO3/c12-7-3-4-8(9(13)6-7)11(16)17-5-1-2-10(14)15/h3-4,6H,1-2,5H2,(H2,14,15). The fraction of sp³-hybridized carbons (Fsp3) is 0.273. The number of esters is 1. The van der Waals surface area contributed by atoms with E-state index in [2.05, 4.69) is 0 Å². The molecule has 0 aliphatic carbocycles. The van der Waals surface area contributed by atoms with Crippen molar-refractivity contribution in [2.45, 2.75) is 12.8 Å². The molecule has 2 N–H and O–H groups in total. The molecule has 0 saturated heterocycles. The van der Waals surface area contributed by atoms with Gasteiger partial charge in [-0.05, 0) is 24.6 Å². The van der Waals surface area contributed by atoms with E-state index in [1.54, 1.807) is 6.07 Å². The van der Waals surface area contributed by atoms with Gasteiger partial charge in [-0.15, -0.1) is 0 Å². The quantitative estimate of drug-likeness (QED) is 0.663. The fourth-order valence-corrected chi connectivity index (χ4v) is 1.63. The number of primary amides is 1. The van der Waals surface area contributed by atoms with Gasteiger partial charge in [0.2, 0.25) is 5.91 Å². The smallest absolute Gasteiger partial charge is 0.339 e. The summed E-state index contributed by atoms with van der Waals surface area (Å²) in [5.41, 5.74) is 5.19. The zero-order valence-corrected chi connectivity index (χ0v) is 10.4. The highest BCUT2D eigenvalue weighted by Crippen LogP contribution is 2.21. The molecule has 1 amide bonds. The van der Waals surface area contributed by atoms with Crippen LogP contribution < -0.4 is 5.73 Å². The summed E-state index contributed by atoms with van der Waals surface area (Å²) >= 11 is 11.5. The van der Waals surface area contributed by atoms with Crippen molar-refractivity contribution in [3.63, 3.8) is 0 Å². The van der Waals surface area contributed by atoms with Crippen LogP contribution in [0.4, 0.5) is 0 Å². The summed E-state index contributed by atoms with van der Waals surface area (Å²) in [6.07, 6.45) is 0.577. The van der Waals surface area contributed by atoms with Gasteiger partial charge in [0.1, 0.15) is 0 Å². The van der Waals surface area contributed by atoms with Crippen LogP contribution in [0.25, 0.3) is 0 Å². The average molecular weight is 276 g/mol. The third-order valence-corrected chi connectivity index (χ3v) is 2.50. The predicted molar refractivity (Wildman–Crippen MR) is 65.2 cm³/mol. The molecule has 0 atom stereocenters. The SMILES string of the molecule is NC(=O)CCCOC(=O)c1ccc(Cl)cc1Cl. The lowest BCUT2D eigenvalue weighted by Gasteiger charge is -2.05. The highest BCUT2D eigenvalue weighted by atomic mass is 35.5. The van der Waals surface area contributed by atoms with Gasteiger partial charge in [-0.3, -0.25) is 4.79 Å². The van der Waals surface area contributed by atoms with Crippen molar-refractivity contribution in [2.75, 3.05) is 6.61 Å². The van der Waals surface area contributed by atoms with Gasteiger partial charge in [-0.1, -0.05) is 23.2 Å². The molecule has 17 heavy (non-hydrogen) atoms. The Labute approximate surface area is 109 Å². The van der Waals surface area contributed by atoms with E-state index in [-0.39, 0.29) is 23.6 Å². The minimum absolute atomic E-state index is 0.126. The van der Waals surface area contributed by atoms with Gasteiger partial charge in [0.25, 0.3) is 0 Å². The number of nitrogens with two attached hydrogens (primary N) is 1. The van der Waals surface area contributed by atoms with Crippen LogP contribution in [0.5, 0.6) is 0 Å². The number of hydrogen-bond acceptors (Lipinski definition) is 3. The van der Waals surface area contributed by atoms with E-state index in [0.29, 0.717) is 11.4 Å². The zero-order valence-electron chi connectivity index (χ0n) is 8.91. The maximum Gasteiger partial charge on any atom is 0.339 e. The number of hydrogen-bond donors (Lipinski definition) is 1. The second kappa shape index (κ2) is 6.47. The summed E-state index contributed by atoms with van der Waals surface area (Å²) in [5.74, 6) is -0.971. The Hall–Kier alpha value is -1.26. The summed E-state index contributed by atoms with van der Waals surface area (Å²) in [4.78, 5) is 22.0. The molecule has 0 bridgehead atoms. The second-order valence-electron chi connectivity index (χ2n) is 3.33. The first-order valence-corrected chi connectivity index (χ1v) is 5.67. The Bertz CT molecular complexity index is 435. The van der Waals surface area contributed by atoms with Gasteiger partial charge in [-0.2, -0.15) is 0 Å². The predicted octanol–water partition coefficient (Wildman–Crippen LogP) is 2.42. The van der Waals surface area contributed by atoms with Crippen LogP contribution >= 0.6 is 23.2 Å². The molecule has 1 aromatic rings. The number of carbonyl (C=O) groups excluding carboxylic acids is 2. The highest BCUT2D eigenvalue weighted by molar-refractivity contribution is 6.36. The van der Waals surface area contributed by atoms with Gasteiger partial charge < -0.3 is 10.5 Å². The summed E-state index contributed by atoms with van der Waals surface area (Å²) < 4.78 is 4.92. The number of benzene rings is 1. The molecule has 0 aliphatic heterocycles. The van der Waals surface area contributed by atoms with E-state index >= 15 is 0 Å². The summed E-state index contributed by atoms with van der Waals surface area (Å²) in [5, 5.41) is 0.678. The van der Waals surface area contributed by atoms with Gasteiger partial charge in [0.05, 0.1) is 17.2 Å². The van der Waals surface area contributed by atoms with E-state index in [0.717, 1.165) is 0 Å². The van der Waals surface area contributed by atoms with Crippen molar-refractivity contribution in [3.8, 4) is 0 Å². The number of ether oxygens (including phenoxy) is 1. The van der Waals surface area contributed by atoms with Crippen molar-refractivity contribution < 1.29 is 14.3 Å². The maximum absolute atomic E-state index is 11.6. The molecule has 0 spiro atoms. The van der Waals surface area contributed by atoms with Crippen molar-refractivity contribution in [1.29, 1.82) is 0 Å². The Kier molecular flexibility index (Phi) is 5.25. The molecule has 6 heteroatoms. The zero-order chi connectivity index (χ0) is 12.8. The molecule has 0 unspecified atom stereocenters. The summed E-state index contributed by atoms with van der Waals surface area (Å²) in [6, 6.07) is 4.50. The maximum atomic E-state index is 11.6. The molecule has 0 aliphatic rings. The van der Waals surface area contributed by atoms with E-state index in [1.165, 1.54) is 12.1 Å². The number of carbonyl (C=O) groups is 2. The lowest BCUT2D eigenvalue weighted by Crippen LogP contribution is -2.13. The van der Waals surface area contributed by atoms with E-state index in [4.69, 9.17) is 33.7 Å². The molecule has 4 nitrogen and oxygen atoms in total. The molecule has 0 saturated carbocycles. The third kappa shape index (κ3) is 4.63. The van der Waals surface area contributed by atoms with Crippen LogP contribution in [0.2, 0.25) is 10.0 Å². The molecule has 0 radical (unpaired) electrons. The molecule has 1 rings (SSSR count). The molecule has 0 heterocycles. The largest absolute Gasteiger partial charge is 0.462 e. The minimum atomic E-state index is -0.545. The van der Waals surface area contributed by atoms with Gasteiger partial charge in [0.15, 0.2) is 0 Å². The van der Waals surface area contributed by atoms with Crippen molar-refractivity contribution in [2.24, 2.45) is 5.73 Å². The Morgan fingerprint density at radius 2 is 2.00 bits per heavy atom. The first-order valence-electron chi connectivity index (χ1n) is 4.91. The van der Waals surface area contributed by atoms with E-state index in [9.17, 15) is 9.59 Å². The normalized spacial score (nSPS) is 10.0. The molecule has 0 aromatic heterocycles. The van der Waals surface area contributed by atoms with E-state index < -0.39 is 11.9 Å². The van der Waals surface area contributed by atoms with Crippen LogP contribution in [-0.2, 0) is 9.53 Å². The molecular weight excluding hydrogens is 265 g/mol. The lowest BCUT2D eigenvalue weighted by atomic mass is 10.2. The van der Waals surface area contributed by atoms with Gasteiger partial charge in [-0.25, -0.2) is 4.79 Å². The lowest BCUT2D eigenvalue weighted by molar-refractivity contribution is -0.118. The monoisotopic (exact) mass is 275 g/mol. The van der Waals surface area contributed by atoms with Crippen molar-refractivity contribution in [3.05, 3.63) is 33.8 Å². The van der Waals surface area contributed by atoms with Crippen LogP contribution in [0.15, 0.2) is 18.2 Å². The topological polar surface area (TPSA) is 69.4 Å². The number of rotatable bonds is 5. The number of amides is 1. The van der Waals surface area contributed by atoms with Gasteiger partial charge in [0, 0.05) is 11.4 Å². The van der Waals surface area contributed by atoms with Crippen molar-refractivity contribution in [1.82, 2.24) is 0 Å². The summed E-state index contributed by atoms with van der Waals surface area (Å²) in [6.45, 7) is 0.126. The summed E-state index contributed by atoms with van der Waals surface area (Å²) in [7, 11) is 0. The Morgan fingerprint density at radius 3 is 2.59 bits per heavy atom. The van der Waals surface area contributed by atoms with Crippen LogP contribution in [0, 0.1) is 0 Å². The highest BCUT2D eigenvalue weighted by Gasteiger charge is 2.11. The second-order valence-corrected chi connectivity index (χ2v) is 4.17. The molecular formula is C11H11Cl2NO3. The molecule has 92 valence electrons. The Balaban J connectivity index is 2.50. The minimum Gasteiger partial charge on any atom is -0.462 e. The molecule has 1 aromatic carbocycles.